The van der Waals surface area contributed by atoms with Crippen LogP contribution < -0.4 is 5.32 Å². The lowest BCUT2D eigenvalue weighted by atomic mass is 10.1. The molecule has 120 valence electrons. The number of aliphatic carboxylic acids is 1. The summed E-state index contributed by atoms with van der Waals surface area (Å²) in [6.45, 7) is 2.11. The maximum absolute atomic E-state index is 12.3. The summed E-state index contributed by atoms with van der Waals surface area (Å²) < 4.78 is 25.5. The van der Waals surface area contributed by atoms with Crippen molar-refractivity contribution in [1.29, 1.82) is 0 Å². The highest BCUT2D eigenvalue weighted by molar-refractivity contribution is 7.89. The van der Waals surface area contributed by atoms with Gasteiger partial charge in [0.1, 0.15) is 12.1 Å². The predicted molar refractivity (Wildman–Crippen MR) is 76.1 cm³/mol. The topological polar surface area (TPSA) is 104 Å². The fourth-order valence-corrected chi connectivity index (χ4v) is 4.52. The number of carboxylic acid groups (broad SMARTS) is 1. The number of rotatable bonds is 7. The van der Waals surface area contributed by atoms with Crippen molar-refractivity contribution in [3.8, 4) is 0 Å². The normalized spacial score (nSPS) is 24.7. The van der Waals surface area contributed by atoms with Gasteiger partial charge >= 0.3 is 5.97 Å². The number of hydrogen-bond acceptors (Lipinski definition) is 4. The monoisotopic (exact) mass is 318 g/mol. The van der Waals surface area contributed by atoms with Crippen LogP contribution in [0.25, 0.3) is 0 Å². The van der Waals surface area contributed by atoms with Gasteiger partial charge in [0.05, 0.1) is 5.75 Å². The molecular weight excluding hydrogens is 296 g/mol. The van der Waals surface area contributed by atoms with Crippen LogP contribution in [-0.2, 0) is 19.6 Å². The number of carbonyl (C=O) groups is 2. The molecule has 1 amide bonds. The molecule has 2 atom stereocenters. The second-order valence-corrected chi connectivity index (χ2v) is 7.79. The molecule has 2 unspecified atom stereocenters. The van der Waals surface area contributed by atoms with E-state index >= 15 is 0 Å². The smallest absolute Gasteiger partial charge is 0.326 e. The van der Waals surface area contributed by atoms with Crippen LogP contribution >= 0.6 is 0 Å². The second-order valence-electron chi connectivity index (χ2n) is 5.75. The van der Waals surface area contributed by atoms with Gasteiger partial charge in [-0.15, -0.1) is 0 Å². The zero-order chi connectivity index (χ0) is 15.6. The summed E-state index contributed by atoms with van der Waals surface area (Å²) in [6, 6.07) is -1.66. The number of nitrogens with one attached hydrogen (secondary N) is 1. The molecule has 0 aromatic heterocycles. The summed E-state index contributed by atoms with van der Waals surface area (Å²) >= 11 is 0. The number of sulfonamides is 1. The highest BCUT2D eigenvalue weighted by Crippen LogP contribution is 2.33. The first-order chi connectivity index (χ1) is 9.86. The van der Waals surface area contributed by atoms with Crippen molar-refractivity contribution >= 4 is 21.9 Å². The minimum atomic E-state index is -3.44. The van der Waals surface area contributed by atoms with Crippen LogP contribution in [0.4, 0.5) is 0 Å². The lowest BCUT2D eigenvalue weighted by Crippen LogP contribution is -2.51. The quantitative estimate of drug-likeness (QED) is 0.696. The Morgan fingerprint density at radius 3 is 2.52 bits per heavy atom. The molecule has 1 heterocycles. The Hall–Kier alpha value is -1.15. The minimum Gasteiger partial charge on any atom is -0.480 e. The molecule has 0 spiro atoms. The van der Waals surface area contributed by atoms with Gasteiger partial charge in [-0.2, -0.15) is 4.31 Å². The molecule has 2 aliphatic rings. The van der Waals surface area contributed by atoms with Gasteiger partial charge in [-0.05, 0) is 38.0 Å². The summed E-state index contributed by atoms with van der Waals surface area (Å²) in [5.41, 5.74) is 0. The highest BCUT2D eigenvalue weighted by Gasteiger charge is 2.42. The van der Waals surface area contributed by atoms with Crippen molar-refractivity contribution in [2.75, 3.05) is 12.3 Å². The summed E-state index contributed by atoms with van der Waals surface area (Å²) in [6.07, 6.45) is 3.15. The maximum Gasteiger partial charge on any atom is 0.326 e. The van der Waals surface area contributed by atoms with Gasteiger partial charge in [-0.25, -0.2) is 13.2 Å². The van der Waals surface area contributed by atoms with Gasteiger partial charge in [0.15, 0.2) is 0 Å². The van der Waals surface area contributed by atoms with Crippen molar-refractivity contribution < 1.29 is 23.1 Å². The third-order valence-electron chi connectivity index (χ3n) is 3.98. The molecule has 8 heteroatoms. The van der Waals surface area contributed by atoms with Crippen LogP contribution in [0.2, 0.25) is 0 Å². The molecule has 2 N–H and O–H groups in total. The Kier molecular flexibility index (Phi) is 4.88. The third-order valence-corrected chi connectivity index (χ3v) is 6.06. The second kappa shape index (κ2) is 6.31. The van der Waals surface area contributed by atoms with Gasteiger partial charge < -0.3 is 10.4 Å². The van der Waals surface area contributed by atoms with Crippen LogP contribution in [0.3, 0.4) is 0 Å². The van der Waals surface area contributed by atoms with E-state index in [4.69, 9.17) is 5.11 Å². The van der Waals surface area contributed by atoms with E-state index in [1.54, 1.807) is 6.92 Å². The van der Waals surface area contributed by atoms with Crippen molar-refractivity contribution in [3.05, 3.63) is 0 Å². The van der Waals surface area contributed by atoms with E-state index in [-0.39, 0.29) is 11.7 Å². The molecule has 1 aliphatic carbocycles. The first-order valence-corrected chi connectivity index (χ1v) is 9.00. The minimum absolute atomic E-state index is 0.0156. The van der Waals surface area contributed by atoms with Crippen molar-refractivity contribution in [3.63, 3.8) is 0 Å². The van der Waals surface area contributed by atoms with Crippen LogP contribution in [-0.4, -0.2) is 54.1 Å². The molecule has 7 nitrogen and oxygen atoms in total. The average molecular weight is 318 g/mol. The van der Waals surface area contributed by atoms with Crippen LogP contribution in [0.1, 0.15) is 39.0 Å². The van der Waals surface area contributed by atoms with Gasteiger partial charge in [0.2, 0.25) is 15.9 Å². The van der Waals surface area contributed by atoms with Crippen LogP contribution in [0.15, 0.2) is 0 Å². The fourth-order valence-electron chi connectivity index (χ4n) is 2.77. The number of nitrogens with zero attached hydrogens (tertiary/aromatic N) is 1. The Labute approximate surface area is 124 Å². The summed E-state index contributed by atoms with van der Waals surface area (Å²) in [7, 11) is -3.44. The van der Waals surface area contributed by atoms with E-state index in [1.165, 1.54) is 4.31 Å². The molecule has 1 aliphatic heterocycles. The van der Waals surface area contributed by atoms with Gasteiger partial charge in [-0.3, -0.25) is 4.79 Å². The number of hydrogen-bond donors (Lipinski definition) is 2. The Bertz CT molecular complexity index is 515. The SMILES string of the molecule is CCCS(=O)(=O)N1CCCC1C(=O)NC(C(=O)O)C1CC1. The van der Waals surface area contributed by atoms with Gasteiger partial charge in [-0.1, -0.05) is 6.92 Å². The molecular formula is C13H22N2O5S. The summed E-state index contributed by atoms with van der Waals surface area (Å²) in [5, 5.41) is 11.7. The zero-order valence-corrected chi connectivity index (χ0v) is 12.9. The number of amides is 1. The number of carbonyl (C=O) groups excluding carboxylic acids is 1. The molecule has 0 radical (unpaired) electrons. The third kappa shape index (κ3) is 3.74. The largest absolute Gasteiger partial charge is 0.480 e. The first-order valence-electron chi connectivity index (χ1n) is 7.39. The summed E-state index contributed by atoms with van der Waals surface area (Å²) in [5.74, 6) is -1.53. The molecule has 1 saturated heterocycles. The highest BCUT2D eigenvalue weighted by atomic mass is 32.2. The summed E-state index contributed by atoms with van der Waals surface area (Å²) in [4.78, 5) is 23.4. The molecule has 0 aromatic carbocycles. The molecule has 0 aromatic rings. The lowest BCUT2D eigenvalue weighted by Gasteiger charge is -2.24. The predicted octanol–water partition coefficient (Wildman–Crippen LogP) is 0.170. The standard InChI is InChI=1S/C13H22N2O5S/c1-2-8-21(19,20)15-7-3-4-10(15)12(16)14-11(13(17)18)9-5-6-9/h9-11H,2-8H2,1H3,(H,14,16)(H,17,18). The van der Waals surface area contributed by atoms with Crippen molar-refractivity contribution in [2.24, 2.45) is 5.92 Å². The zero-order valence-electron chi connectivity index (χ0n) is 12.1. The molecule has 2 rings (SSSR count). The van der Waals surface area contributed by atoms with E-state index in [9.17, 15) is 18.0 Å². The van der Waals surface area contributed by atoms with E-state index in [2.05, 4.69) is 5.32 Å². The van der Waals surface area contributed by atoms with Crippen LogP contribution in [0, 0.1) is 5.92 Å². The number of carboxylic acids is 1. The van der Waals surface area contributed by atoms with Crippen molar-refractivity contribution in [2.45, 2.75) is 51.1 Å². The molecule has 21 heavy (non-hydrogen) atoms. The van der Waals surface area contributed by atoms with Gasteiger partial charge in [0.25, 0.3) is 0 Å². The van der Waals surface area contributed by atoms with E-state index in [0.29, 0.717) is 25.8 Å². The lowest BCUT2D eigenvalue weighted by molar-refractivity contribution is -0.142. The average Bonchev–Trinajstić information content (AvgIpc) is 3.09. The molecule has 0 bridgehead atoms. The first kappa shape index (κ1) is 16.2. The maximum atomic E-state index is 12.3. The van der Waals surface area contributed by atoms with E-state index in [1.807, 2.05) is 0 Å². The van der Waals surface area contributed by atoms with E-state index < -0.39 is 34.0 Å². The van der Waals surface area contributed by atoms with Crippen LogP contribution in [0.5, 0.6) is 0 Å². The fraction of sp³-hybridized carbons (Fsp3) is 0.846. The Morgan fingerprint density at radius 2 is 2.00 bits per heavy atom. The Morgan fingerprint density at radius 1 is 1.33 bits per heavy atom. The Balaban J connectivity index is 2.05. The molecule has 2 fully saturated rings. The van der Waals surface area contributed by atoms with Crippen molar-refractivity contribution in [1.82, 2.24) is 9.62 Å². The van der Waals surface area contributed by atoms with E-state index in [0.717, 1.165) is 12.8 Å². The molecule has 1 saturated carbocycles. The van der Waals surface area contributed by atoms with Gasteiger partial charge in [0, 0.05) is 6.54 Å².